The van der Waals surface area contributed by atoms with Gasteiger partial charge in [0.05, 0.1) is 0 Å². The Balaban J connectivity index is 2.45. The van der Waals surface area contributed by atoms with Crippen molar-refractivity contribution in [2.24, 2.45) is 0 Å². The number of nitrogens with zero attached hydrogens (tertiary/aromatic N) is 1. The van der Waals surface area contributed by atoms with Crippen LogP contribution in [0.5, 0.6) is 0 Å². The van der Waals surface area contributed by atoms with Gasteiger partial charge in [0.25, 0.3) is 0 Å². The van der Waals surface area contributed by atoms with E-state index in [4.69, 9.17) is 11.6 Å². The SMILES string of the molecule is CCS(=O)(=O)C1CSCCN1c1cc(Br)ccc1CCl. The van der Waals surface area contributed by atoms with Crippen LogP contribution in [-0.2, 0) is 15.7 Å². The highest BCUT2D eigenvalue weighted by Crippen LogP contribution is 2.32. The summed E-state index contributed by atoms with van der Waals surface area (Å²) < 4.78 is 25.6. The molecule has 2 rings (SSSR count). The number of hydrogen-bond donors (Lipinski definition) is 0. The van der Waals surface area contributed by atoms with Crippen LogP contribution in [0.4, 0.5) is 5.69 Å². The van der Waals surface area contributed by atoms with Crippen molar-refractivity contribution in [2.75, 3.05) is 28.7 Å². The summed E-state index contributed by atoms with van der Waals surface area (Å²) in [6.07, 6.45) is 0. The van der Waals surface area contributed by atoms with Crippen molar-refractivity contribution in [3.05, 3.63) is 28.2 Å². The van der Waals surface area contributed by atoms with E-state index in [0.29, 0.717) is 11.6 Å². The molecular weight excluding hydrogens is 382 g/mol. The first-order valence-corrected chi connectivity index (χ1v) is 10.6. The summed E-state index contributed by atoms with van der Waals surface area (Å²) in [5.41, 5.74) is 1.90. The van der Waals surface area contributed by atoms with E-state index in [1.807, 2.05) is 23.1 Å². The molecular formula is C13H17BrClNO2S2. The summed E-state index contributed by atoms with van der Waals surface area (Å²) in [4.78, 5) is 2.00. The molecule has 0 bridgehead atoms. The molecule has 1 aromatic rings. The number of alkyl halides is 1. The second-order valence-electron chi connectivity index (χ2n) is 4.58. The molecule has 20 heavy (non-hydrogen) atoms. The highest BCUT2D eigenvalue weighted by Gasteiger charge is 2.33. The molecule has 1 saturated heterocycles. The van der Waals surface area contributed by atoms with E-state index < -0.39 is 15.2 Å². The minimum atomic E-state index is -3.11. The quantitative estimate of drug-likeness (QED) is 0.727. The smallest absolute Gasteiger partial charge is 0.171 e. The van der Waals surface area contributed by atoms with Gasteiger partial charge in [0.2, 0.25) is 0 Å². The Kier molecular flexibility index (Phi) is 5.68. The van der Waals surface area contributed by atoms with Gasteiger partial charge in [-0.3, -0.25) is 0 Å². The van der Waals surface area contributed by atoms with Gasteiger partial charge in [-0.2, -0.15) is 11.8 Å². The van der Waals surface area contributed by atoms with Gasteiger partial charge in [-0.25, -0.2) is 8.42 Å². The van der Waals surface area contributed by atoms with E-state index in [1.165, 1.54) is 0 Å². The molecule has 1 aliphatic rings. The van der Waals surface area contributed by atoms with Gasteiger partial charge in [0.15, 0.2) is 9.84 Å². The minimum Gasteiger partial charge on any atom is -0.353 e. The van der Waals surface area contributed by atoms with Gasteiger partial charge in [0.1, 0.15) is 5.37 Å². The second-order valence-corrected chi connectivity index (χ2v) is 9.36. The summed E-state index contributed by atoms with van der Waals surface area (Å²) in [6, 6.07) is 5.85. The van der Waals surface area contributed by atoms with Crippen molar-refractivity contribution in [1.29, 1.82) is 0 Å². The maximum Gasteiger partial charge on any atom is 0.171 e. The molecule has 0 spiro atoms. The minimum absolute atomic E-state index is 0.166. The standard InChI is InChI=1S/C13H17BrClNO2S2/c1-2-20(17,18)13-9-19-6-5-16(13)12-7-11(14)4-3-10(12)8-15/h3-4,7,13H,2,5-6,8-9H2,1H3. The molecule has 1 fully saturated rings. The van der Waals surface area contributed by atoms with Crippen molar-refractivity contribution in [3.63, 3.8) is 0 Å². The number of halogens is 2. The highest BCUT2D eigenvalue weighted by atomic mass is 79.9. The number of hydrogen-bond acceptors (Lipinski definition) is 4. The van der Waals surface area contributed by atoms with Gasteiger partial charge >= 0.3 is 0 Å². The van der Waals surface area contributed by atoms with Gasteiger partial charge in [0, 0.05) is 39.8 Å². The number of anilines is 1. The summed E-state index contributed by atoms with van der Waals surface area (Å²) in [6.45, 7) is 2.44. The zero-order chi connectivity index (χ0) is 14.8. The third-order valence-electron chi connectivity index (χ3n) is 3.40. The average molecular weight is 399 g/mol. The van der Waals surface area contributed by atoms with E-state index in [-0.39, 0.29) is 5.75 Å². The molecule has 0 aliphatic carbocycles. The van der Waals surface area contributed by atoms with Crippen LogP contribution in [0.1, 0.15) is 12.5 Å². The molecule has 0 aromatic heterocycles. The van der Waals surface area contributed by atoms with Crippen LogP contribution in [0.15, 0.2) is 22.7 Å². The van der Waals surface area contributed by atoms with Crippen LogP contribution >= 0.6 is 39.3 Å². The predicted molar refractivity (Wildman–Crippen MR) is 91.6 cm³/mol. The molecule has 1 aromatic carbocycles. The molecule has 0 amide bonds. The van der Waals surface area contributed by atoms with E-state index in [9.17, 15) is 8.42 Å². The third kappa shape index (κ3) is 3.46. The monoisotopic (exact) mass is 397 g/mol. The molecule has 0 saturated carbocycles. The fourth-order valence-corrected chi connectivity index (χ4v) is 5.82. The summed E-state index contributed by atoms with van der Waals surface area (Å²) in [7, 11) is -3.11. The molecule has 7 heteroatoms. The number of thioether (sulfide) groups is 1. The summed E-state index contributed by atoms with van der Waals surface area (Å²) in [5.74, 6) is 2.10. The van der Waals surface area contributed by atoms with Crippen molar-refractivity contribution < 1.29 is 8.42 Å². The first kappa shape index (κ1) is 16.5. The second kappa shape index (κ2) is 6.90. The highest BCUT2D eigenvalue weighted by molar-refractivity contribution is 9.10. The largest absolute Gasteiger partial charge is 0.353 e. The zero-order valence-electron chi connectivity index (χ0n) is 11.2. The first-order chi connectivity index (χ1) is 9.49. The third-order valence-corrected chi connectivity index (χ3v) is 7.47. The summed E-state index contributed by atoms with van der Waals surface area (Å²) in [5, 5.41) is -0.456. The van der Waals surface area contributed by atoms with E-state index in [0.717, 1.165) is 28.0 Å². The maximum absolute atomic E-state index is 12.3. The lowest BCUT2D eigenvalue weighted by molar-refractivity contribution is 0.579. The Morgan fingerprint density at radius 2 is 2.25 bits per heavy atom. The van der Waals surface area contributed by atoms with Crippen LogP contribution in [0.2, 0.25) is 0 Å². The molecule has 1 heterocycles. The van der Waals surface area contributed by atoms with Crippen LogP contribution < -0.4 is 4.90 Å². The van der Waals surface area contributed by atoms with Crippen molar-refractivity contribution in [2.45, 2.75) is 18.2 Å². The van der Waals surface area contributed by atoms with Crippen LogP contribution in [0, 0.1) is 0 Å². The van der Waals surface area contributed by atoms with Gasteiger partial charge in [-0.15, -0.1) is 11.6 Å². The van der Waals surface area contributed by atoms with Crippen molar-refractivity contribution in [1.82, 2.24) is 0 Å². The lowest BCUT2D eigenvalue weighted by Crippen LogP contribution is -2.48. The Morgan fingerprint density at radius 1 is 1.50 bits per heavy atom. The molecule has 3 nitrogen and oxygen atoms in total. The average Bonchev–Trinajstić information content (AvgIpc) is 2.47. The Labute approximate surface area is 138 Å². The van der Waals surface area contributed by atoms with E-state index in [2.05, 4.69) is 15.9 Å². The molecule has 0 radical (unpaired) electrons. The van der Waals surface area contributed by atoms with Gasteiger partial charge in [-0.1, -0.05) is 28.9 Å². The topological polar surface area (TPSA) is 37.4 Å². The molecule has 1 aliphatic heterocycles. The fourth-order valence-electron chi connectivity index (χ4n) is 2.26. The lowest BCUT2D eigenvalue weighted by atomic mass is 10.2. The summed E-state index contributed by atoms with van der Waals surface area (Å²) >= 11 is 11.2. The fraction of sp³-hybridized carbons (Fsp3) is 0.538. The number of rotatable bonds is 4. The van der Waals surface area contributed by atoms with Crippen molar-refractivity contribution in [3.8, 4) is 0 Å². The van der Waals surface area contributed by atoms with Crippen LogP contribution in [0.3, 0.4) is 0 Å². The zero-order valence-corrected chi connectivity index (χ0v) is 15.2. The Morgan fingerprint density at radius 3 is 2.90 bits per heavy atom. The van der Waals surface area contributed by atoms with Gasteiger partial charge < -0.3 is 4.90 Å². The molecule has 1 unspecified atom stereocenters. The normalized spacial score (nSPS) is 20.1. The lowest BCUT2D eigenvalue weighted by Gasteiger charge is -2.37. The first-order valence-electron chi connectivity index (χ1n) is 6.40. The predicted octanol–water partition coefficient (Wildman–Crippen LogP) is 3.50. The van der Waals surface area contributed by atoms with E-state index in [1.54, 1.807) is 18.7 Å². The van der Waals surface area contributed by atoms with Gasteiger partial charge in [-0.05, 0) is 17.7 Å². The molecule has 112 valence electrons. The van der Waals surface area contributed by atoms with Crippen LogP contribution in [-0.4, -0.2) is 37.6 Å². The van der Waals surface area contributed by atoms with Crippen molar-refractivity contribution >= 4 is 54.8 Å². The van der Waals surface area contributed by atoms with E-state index >= 15 is 0 Å². The maximum atomic E-state index is 12.3. The number of benzene rings is 1. The Hall–Kier alpha value is 0.0900. The Bertz CT molecular complexity index is 580. The molecule has 0 N–H and O–H groups in total. The number of sulfone groups is 1. The van der Waals surface area contributed by atoms with Crippen LogP contribution in [0.25, 0.3) is 0 Å². The molecule has 1 atom stereocenters.